The lowest BCUT2D eigenvalue weighted by molar-refractivity contribution is 0.273. The normalized spacial score (nSPS) is 10.4. The third-order valence-corrected chi connectivity index (χ3v) is 2.43. The molecule has 3 N–H and O–H groups in total. The second kappa shape index (κ2) is 6.13. The van der Waals surface area contributed by atoms with Crippen molar-refractivity contribution in [1.82, 2.24) is 0 Å². The van der Waals surface area contributed by atoms with E-state index in [4.69, 9.17) is 20.6 Å². The number of hydrogen-bond acceptors (Lipinski definition) is 3. The Bertz CT molecular complexity index is 389. The van der Waals surface area contributed by atoms with Crippen molar-refractivity contribution in [3.8, 4) is 11.5 Å². The molecular formula is C13H20N2O2. The van der Waals surface area contributed by atoms with Gasteiger partial charge in [-0.15, -0.1) is 0 Å². The zero-order chi connectivity index (χ0) is 12.8. The molecule has 94 valence electrons. The Labute approximate surface area is 102 Å². The Balaban J connectivity index is 2.75. The fourth-order valence-corrected chi connectivity index (χ4v) is 1.36. The number of methoxy groups -OCH3 is 1. The summed E-state index contributed by atoms with van der Waals surface area (Å²) in [7, 11) is 1.58. The van der Waals surface area contributed by atoms with Crippen molar-refractivity contribution < 1.29 is 9.47 Å². The molecule has 0 unspecified atom stereocenters. The van der Waals surface area contributed by atoms with Gasteiger partial charge in [0.1, 0.15) is 5.84 Å². The first kappa shape index (κ1) is 13.4. The molecule has 0 amide bonds. The maximum atomic E-state index is 7.35. The number of benzene rings is 1. The first-order valence-corrected chi connectivity index (χ1v) is 5.69. The molecular weight excluding hydrogens is 216 g/mol. The highest BCUT2D eigenvalue weighted by Crippen LogP contribution is 2.28. The summed E-state index contributed by atoms with van der Waals surface area (Å²) >= 11 is 0. The van der Waals surface area contributed by atoms with E-state index in [1.165, 1.54) is 0 Å². The summed E-state index contributed by atoms with van der Waals surface area (Å²) in [5, 5.41) is 7.35. The maximum Gasteiger partial charge on any atom is 0.161 e. The van der Waals surface area contributed by atoms with E-state index in [0.717, 1.165) is 6.42 Å². The van der Waals surface area contributed by atoms with Gasteiger partial charge in [-0.3, -0.25) is 5.41 Å². The largest absolute Gasteiger partial charge is 0.493 e. The summed E-state index contributed by atoms with van der Waals surface area (Å²) < 4.78 is 10.9. The van der Waals surface area contributed by atoms with Crippen LogP contribution in [0.25, 0.3) is 0 Å². The SMILES string of the molecule is COc1cc(C(=N)N)ccc1OCCC(C)C. The molecule has 4 heteroatoms. The number of rotatable bonds is 6. The third-order valence-electron chi connectivity index (χ3n) is 2.43. The topological polar surface area (TPSA) is 68.3 Å². The van der Waals surface area contributed by atoms with Crippen LogP contribution >= 0.6 is 0 Å². The lowest BCUT2D eigenvalue weighted by Crippen LogP contribution is -2.11. The van der Waals surface area contributed by atoms with Crippen molar-refractivity contribution in [3.05, 3.63) is 23.8 Å². The molecule has 0 radical (unpaired) electrons. The van der Waals surface area contributed by atoms with E-state index in [1.54, 1.807) is 25.3 Å². The van der Waals surface area contributed by atoms with E-state index >= 15 is 0 Å². The van der Waals surface area contributed by atoms with Crippen LogP contribution in [0.5, 0.6) is 11.5 Å². The summed E-state index contributed by atoms with van der Waals surface area (Å²) in [5.41, 5.74) is 6.05. The standard InChI is InChI=1S/C13H20N2O2/c1-9(2)6-7-17-11-5-4-10(13(14)15)8-12(11)16-3/h4-5,8-9H,6-7H2,1-3H3,(H3,14,15). The second-order valence-electron chi connectivity index (χ2n) is 4.31. The number of ether oxygens (including phenoxy) is 2. The molecule has 0 fully saturated rings. The fourth-order valence-electron chi connectivity index (χ4n) is 1.36. The minimum atomic E-state index is 0.0250. The summed E-state index contributed by atoms with van der Waals surface area (Å²) in [4.78, 5) is 0. The Morgan fingerprint density at radius 1 is 1.35 bits per heavy atom. The molecule has 0 heterocycles. The van der Waals surface area contributed by atoms with Gasteiger partial charge in [-0.25, -0.2) is 0 Å². The summed E-state index contributed by atoms with van der Waals surface area (Å²) in [6.45, 7) is 4.96. The lowest BCUT2D eigenvalue weighted by atomic mass is 10.1. The van der Waals surface area contributed by atoms with Crippen LogP contribution in [0.1, 0.15) is 25.8 Å². The quantitative estimate of drug-likeness (QED) is 0.588. The van der Waals surface area contributed by atoms with E-state index in [0.29, 0.717) is 29.6 Å². The molecule has 0 aliphatic heterocycles. The highest BCUT2D eigenvalue weighted by atomic mass is 16.5. The Hall–Kier alpha value is -1.71. The average molecular weight is 236 g/mol. The van der Waals surface area contributed by atoms with Gasteiger partial charge in [0, 0.05) is 5.56 Å². The molecule has 0 atom stereocenters. The second-order valence-corrected chi connectivity index (χ2v) is 4.31. The van der Waals surface area contributed by atoms with Gasteiger partial charge >= 0.3 is 0 Å². The maximum absolute atomic E-state index is 7.35. The first-order chi connectivity index (χ1) is 8.04. The van der Waals surface area contributed by atoms with Gasteiger partial charge in [0.25, 0.3) is 0 Å². The summed E-state index contributed by atoms with van der Waals surface area (Å²) in [6, 6.07) is 5.26. The molecule has 0 saturated carbocycles. The molecule has 4 nitrogen and oxygen atoms in total. The number of nitrogen functional groups attached to an aromatic ring is 1. The smallest absolute Gasteiger partial charge is 0.161 e. The van der Waals surface area contributed by atoms with E-state index in [-0.39, 0.29) is 5.84 Å². The lowest BCUT2D eigenvalue weighted by Gasteiger charge is -2.12. The molecule has 0 bridgehead atoms. The van der Waals surface area contributed by atoms with Crippen LogP contribution in [-0.2, 0) is 0 Å². The van der Waals surface area contributed by atoms with Crippen LogP contribution in [0.3, 0.4) is 0 Å². The number of nitrogens with two attached hydrogens (primary N) is 1. The van der Waals surface area contributed by atoms with Crippen LogP contribution in [0.4, 0.5) is 0 Å². The summed E-state index contributed by atoms with van der Waals surface area (Å²) in [6.07, 6.45) is 0.998. The first-order valence-electron chi connectivity index (χ1n) is 5.69. The molecule has 0 aromatic heterocycles. The van der Waals surface area contributed by atoms with Gasteiger partial charge in [0.15, 0.2) is 11.5 Å². The van der Waals surface area contributed by atoms with Crippen molar-refractivity contribution in [2.45, 2.75) is 20.3 Å². The van der Waals surface area contributed by atoms with Gasteiger partial charge in [0.05, 0.1) is 13.7 Å². The number of nitrogens with one attached hydrogen (secondary N) is 1. The van der Waals surface area contributed by atoms with E-state index in [9.17, 15) is 0 Å². The van der Waals surface area contributed by atoms with Crippen molar-refractivity contribution in [1.29, 1.82) is 5.41 Å². The Morgan fingerprint density at radius 3 is 2.59 bits per heavy atom. The highest BCUT2D eigenvalue weighted by Gasteiger charge is 2.07. The minimum absolute atomic E-state index is 0.0250. The van der Waals surface area contributed by atoms with Gasteiger partial charge in [0.2, 0.25) is 0 Å². The minimum Gasteiger partial charge on any atom is -0.493 e. The zero-order valence-corrected chi connectivity index (χ0v) is 10.6. The van der Waals surface area contributed by atoms with Crippen LogP contribution in [-0.4, -0.2) is 19.6 Å². The predicted molar refractivity (Wildman–Crippen MR) is 69.0 cm³/mol. The Kier molecular flexibility index (Phi) is 4.82. The fraction of sp³-hybridized carbons (Fsp3) is 0.462. The van der Waals surface area contributed by atoms with Crippen LogP contribution in [0, 0.1) is 11.3 Å². The van der Waals surface area contributed by atoms with E-state index < -0.39 is 0 Å². The third kappa shape index (κ3) is 3.98. The Morgan fingerprint density at radius 2 is 2.06 bits per heavy atom. The van der Waals surface area contributed by atoms with Crippen molar-refractivity contribution >= 4 is 5.84 Å². The van der Waals surface area contributed by atoms with Crippen molar-refractivity contribution in [3.63, 3.8) is 0 Å². The summed E-state index contributed by atoms with van der Waals surface area (Å²) in [5.74, 6) is 1.94. The average Bonchev–Trinajstić information content (AvgIpc) is 2.28. The molecule has 1 aromatic carbocycles. The molecule has 0 aliphatic rings. The monoisotopic (exact) mass is 236 g/mol. The van der Waals surface area contributed by atoms with Gasteiger partial charge < -0.3 is 15.2 Å². The predicted octanol–water partition coefficient (Wildman–Crippen LogP) is 2.40. The van der Waals surface area contributed by atoms with Crippen molar-refractivity contribution in [2.24, 2.45) is 11.7 Å². The van der Waals surface area contributed by atoms with Crippen LogP contribution in [0.2, 0.25) is 0 Å². The molecule has 0 saturated heterocycles. The van der Waals surface area contributed by atoms with Crippen LogP contribution < -0.4 is 15.2 Å². The number of amidine groups is 1. The molecule has 0 spiro atoms. The molecule has 0 aliphatic carbocycles. The zero-order valence-electron chi connectivity index (χ0n) is 10.6. The molecule has 1 rings (SSSR count). The van der Waals surface area contributed by atoms with Crippen molar-refractivity contribution in [2.75, 3.05) is 13.7 Å². The highest BCUT2D eigenvalue weighted by molar-refractivity contribution is 5.95. The van der Waals surface area contributed by atoms with E-state index in [1.807, 2.05) is 0 Å². The van der Waals surface area contributed by atoms with Gasteiger partial charge in [-0.05, 0) is 30.5 Å². The van der Waals surface area contributed by atoms with E-state index in [2.05, 4.69) is 13.8 Å². The number of hydrogen-bond donors (Lipinski definition) is 2. The van der Waals surface area contributed by atoms with Gasteiger partial charge in [-0.2, -0.15) is 0 Å². The van der Waals surface area contributed by atoms with Gasteiger partial charge in [-0.1, -0.05) is 13.8 Å². The van der Waals surface area contributed by atoms with Crippen LogP contribution in [0.15, 0.2) is 18.2 Å². The molecule has 1 aromatic rings. The molecule has 17 heavy (non-hydrogen) atoms.